The van der Waals surface area contributed by atoms with Crippen LogP contribution in [-0.4, -0.2) is 15.6 Å². The number of carbonyl (C=O) groups is 1. The van der Waals surface area contributed by atoms with Crippen molar-refractivity contribution >= 4 is 16.8 Å². The summed E-state index contributed by atoms with van der Waals surface area (Å²) >= 11 is 0. The standard InChI is InChI=1S/C17H15N3O2/c1-11-7-12(2)9-13(8-11)16(21)19-20-10-18-15-6-4-3-5-14(15)17(20)22/h3-10H,1-2H3,(H,19,21). The van der Waals surface area contributed by atoms with Crippen molar-refractivity contribution in [1.82, 2.24) is 9.66 Å². The van der Waals surface area contributed by atoms with E-state index >= 15 is 0 Å². The van der Waals surface area contributed by atoms with Gasteiger partial charge in [-0.05, 0) is 38.1 Å². The summed E-state index contributed by atoms with van der Waals surface area (Å²) in [6.45, 7) is 3.85. The molecular weight excluding hydrogens is 278 g/mol. The van der Waals surface area contributed by atoms with E-state index in [1.807, 2.05) is 26.0 Å². The molecule has 0 fully saturated rings. The molecule has 0 aliphatic heterocycles. The van der Waals surface area contributed by atoms with E-state index < -0.39 is 0 Å². The minimum absolute atomic E-state index is 0.302. The highest BCUT2D eigenvalue weighted by Gasteiger charge is 2.09. The maximum atomic E-state index is 12.3. The van der Waals surface area contributed by atoms with Crippen LogP contribution in [-0.2, 0) is 0 Å². The third-order valence-corrected chi connectivity index (χ3v) is 3.37. The van der Waals surface area contributed by atoms with Crippen molar-refractivity contribution in [1.29, 1.82) is 0 Å². The van der Waals surface area contributed by atoms with Crippen molar-refractivity contribution in [2.24, 2.45) is 0 Å². The Morgan fingerprint density at radius 2 is 1.77 bits per heavy atom. The van der Waals surface area contributed by atoms with E-state index in [1.165, 1.54) is 6.33 Å². The first-order valence-electron chi connectivity index (χ1n) is 6.90. The first-order valence-corrected chi connectivity index (χ1v) is 6.90. The summed E-state index contributed by atoms with van der Waals surface area (Å²) in [5.41, 5.74) is 5.38. The normalized spacial score (nSPS) is 10.6. The fourth-order valence-electron chi connectivity index (χ4n) is 2.43. The van der Waals surface area contributed by atoms with Crippen LogP contribution in [0.4, 0.5) is 0 Å². The zero-order valence-electron chi connectivity index (χ0n) is 12.3. The molecule has 1 N–H and O–H groups in total. The van der Waals surface area contributed by atoms with Gasteiger partial charge in [0.2, 0.25) is 0 Å². The number of hydrogen-bond donors (Lipinski definition) is 1. The number of fused-ring (bicyclic) bond motifs is 1. The van der Waals surface area contributed by atoms with Gasteiger partial charge in [-0.15, -0.1) is 0 Å². The smallest absolute Gasteiger partial charge is 0.267 e. The summed E-state index contributed by atoms with van der Waals surface area (Å²) in [6.07, 6.45) is 1.32. The minimum atomic E-state index is -0.342. The van der Waals surface area contributed by atoms with Crippen LogP contribution in [0.2, 0.25) is 0 Å². The summed E-state index contributed by atoms with van der Waals surface area (Å²) < 4.78 is 1.11. The first kappa shape index (κ1) is 14.0. The van der Waals surface area contributed by atoms with Crippen LogP contribution in [0.5, 0.6) is 0 Å². The maximum absolute atomic E-state index is 12.3. The number of nitrogens with one attached hydrogen (secondary N) is 1. The quantitative estimate of drug-likeness (QED) is 0.789. The summed E-state index contributed by atoms with van der Waals surface area (Å²) in [6, 6.07) is 12.6. The van der Waals surface area contributed by atoms with Crippen molar-refractivity contribution < 1.29 is 4.79 Å². The number of nitrogens with zero attached hydrogens (tertiary/aromatic N) is 2. The highest BCUT2D eigenvalue weighted by atomic mass is 16.2. The molecule has 5 heteroatoms. The maximum Gasteiger partial charge on any atom is 0.280 e. The average Bonchev–Trinajstić information content (AvgIpc) is 2.49. The van der Waals surface area contributed by atoms with Crippen LogP contribution < -0.4 is 11.0 Å². The molecule has 0 atom stereocenters. The fourth-order valence-corrected chi connectivity index (χ4v) is 2.43. The molecule has 0 unspecified atom stereocenters. The van der Waals surface area contributed by atoms with Gasteiger partial charge in [-0.2, -0.15) is 0 Å². The molecule has 0 radical (unpaired) electrons. The van der Waals surface area contributed by atoms with Crippen molar-refractivity contribution in [3.63, 3.8) is 0 Å². The molecule has 0 bridgehead atoms. The van der Waals surface area contributed by atoms with Crippen LogP contribution >= 0.6 is 0 Å². The van der Waals surface area contributed by atoms with Crippen LogP contribution in [0.25, 0.3) is 10.9 Å². The molecule has 5 nitrogen and oxygen atoms in total. The lowest BCUT2D eigenvalue weighted by Gasteiger charge is -2.09. The molecule has 1 heterocycles. The van der Waals surface area contributed by atoms with E-state index in [0.717, 1.165) is 15.8 Å². The second-order valence-corrected chi connectivity index (χ2v) is 5.25. The highest BCUT2D eigenvalue weighted by Crippen LogP contribution is 2.09. The van der Waals surface area contributed by atoms with Crippen molar-refractivity contribution in [2.45, 2.75) is 13.8 Å². The first-order chi connectivity index (χ1) is 10.5. The van der Waals surface area contributed by atoms with Crippen molar-refractivity contribution in [3.05, 3.63) is 75.8 Å². The molecule has 22 heavy (non-hydrogen) atoms. The van der Waals surface area contributed by atoms with E-state index in [4.69, 9.17) is 0 Å². The molecule has 110 valence electrons. The van der Waals surface area contributed by atoms with Gasteiger partial charge in [-0.1, -0.05) is 29.3 Å². The van der Waals surface area contributed by atoms with Gasteiger partial charge in [0, 0.05) is 5.56 Å². The Kier molecular flexibility index (Phi) is 3.47. The molecule has 2 aromatic carbocycles. The Morgan fingerprint density at radius 3 is 2.50 bits per heavy atom. The third-order valence-electron chi connectivity index (χ3n) is 3.37. The average molecular weight is 293 g/mol. The van der Waals surface area contributed by atoms with Gasteiger partial charge >= 0.3 is 0 Å². The summed E-state index contributed by atoms with van der Waals surface area (Å²) in [5, 5.41) is 0.464. The molecule has 3 rings (SSSR count). The Labute approximate surface area is 127 Å². The van der Waals surface area contributed by atoms with Gasteiger partial charge in [-0.25, -0.2) is 9.66 Å². The molecule has 1 aromatic heterocycles. The zero-order chi connectivity index (χ0) is 15.7. The van der Waals surface area contributed by atoms with Gasteiger partial charge < -0.3 is 0 Å². The Bertz CT molecular complexity index is 908. The number of aryl methyl sites for hydroxylation is 2. The van der Waals surface area contributed by atoms with E-state index in [2.05, 4.69) is 10.4 Å². The molecule has 1 amide bonds. The minimum Gasteiger partial charge on any atom is -0.267 e. The Balaban J connectivity index is 1.97. The SMILES string of the molecule is Cc1cc(C)cc(C(=O)Nn2cnc3ccccc3c2=O)c1. The molecule has 0 saturated heterocycles. The predicted octanol–water partition coefficient (Wildman–Crippen LogP) is 2.40. The fraction of sp³-hybridized carbons (Fsp3) is 0.118. The monoisotopic (exact) mass is 293 g/mol. The largest absolute Gasteiger partial charge is 0.280 e. The lowest BCUT2D eigenvalue weighted by Crippen LogP contribution is -2.33. The molecular formula is C17H15N3O2. The van der Waals surface area contributed by atoms with E-state index in [0.29, 0.717) is 16.5 Å². The summed E-state index contributed by atoms with van der Waals surface area (Å²) in [4.78, 5) is 28.8. The van der Waals surface area contributed by atoms with E-state index in [9.17, 15) is 9.59 Å². The van der Waals surface area contributed by atoms with Gasteiger partial charge in [0.25, 0.3) is 11.5 Å². The second kappa shape index (κ2) is 5.44. The lowest BCUT2D eigenvalue weighted by atomic mass is 10.1. The second-order valence-electron chi connectivity index (χ2n) is 5.25. The topological polar surface area (TPSA) is 64.0 Å². The van der Waals surface area contributed by atoms with Gasteiger partial charge in [0.1, 0.15) is 6.33 Å². The van der Waals surface area contributed by atoms with Crippen LogP contribution in [0, 0.1) is 13.8 Å². The zero-order valence-corrected chi connectivity index (χ0v) is 12.3. The Hall–Kier alpha value is -2.95. The van der Waals surface area contributed by atoms with Crippen LogP contribution in [0.3, 0.4) is 0 Å². The van der Waals surface area contributed by atoms with Crippen LogP contribution in [0.15, 0.2) is 53.6 Å². The van der Waals surface area contributed by atoms with Gasteiger partial charge in [-0.3, -0.25) is 15.0 Å². The number of amides is 1. The Morgan fingerprint density at radius 1 is 1.09 bits per heavy atom. The highest BCUT2D eigenvalue weighted by molar-refractivity contribution is 6.00. The third kappa shape index (κ3) is 2.61. The number of benzene rings is 2. The number of hydrogen-bond acceptors (Lipinski definition) is 3. The van der Waals surface area contributed by atoms with E-state index in [-0.39, 0.29) is 11.5 Å². The number of para-hydroxylation sites is 1. The molecule has 3 aromatic rings. The number of carbonyl (C=O) groups excluding carboxylic acids is 1. The number of rotatable bonds is 2. The van der Waals surface area contributed by atoms with Crippen LogP contribution in [0.1, 0.15) is 21.5 Å². The molecule has 0 spiro atoms. The lowest BCUT2D eigenvalue weighted by molar-refractivity contribution is 0.101. The molecule has 0 aliphatic carbocycles. The summed E-state index contributed by atoms with van der Waals surface area (Å²) in [5.74, 6) is -0.342. The van der Waals surface area contributed by atoms with Gasteiger partial charge in [0.15, 0.2) is 0 Å². The molecule has 0 aliphatic rings. The predicted molar refractivity (Wildman–Crippen MR) is 85.6 cm³/mol. The van der Waals surface area contributed by atoms with Crippen molar-refractivity contribution in [3.8, 4) is 0 Å². The molecule has 0 saturated carbocycles. The van der Waals surface area contributed by atoms with Crippen molar-refractivity contribution in [2.75, 3.05) is 5.43 Å². The van der Waals surface area contributed by atoms with E-state index in [1.54, 1.807) is 30.3 Å². The number of aromatic nitrogens is 2. The van der Waals surface area contributed by atoms with Gasteiger partial charge in [0.05, 0.1) is 10.9 Å². The summed E-state index contributed by atoms with van der Waals surface area (Å²) in [7, 11) is 0.